The highest BCUT2D eigenvalue weighted by Crippen LogP contribution is 2.32. The Morgan fingerprint density at radius 1 is 1.45 bits per heavy atom. The minimum Gasteiger partial charge on any atom is -0.368 e. The van der Waals surface area contributed by atoms with Crippen LogP contribution in [-0.2, 0) is 0 Å². The van der Waals surface area contributed by atoms with Crippen molar-refractivity contribution in [3.8, 4) is 0 Å². The molecule has 1 aliphatic heterocycles. The Morgan fingerprint density at radius 3 is 2.95 bits per heavy atom. The van der Waals surface area contributed by atoms with Crippen molar-refractivity contribution in [3.05, 3.63) is 22.2 Å². The molecule has 1 fully saturated rings. The molecule has 0 amide bonds. The highest BCUT2D eigenvalue weighted by atomic mass is 16.6. The number of likely N-dealkylation sites (N-methyl/N-ethyl adjacent to an activating group) is 1. The predicted molar refractivity (Wildman–Crippen MR) is 72.8 cm³/mol. The van der Waals surface area contributed by atoms with Crippen molar-refractivity contribution in [2.45, 2.75) is 18.9 Å². The van der Waals surface area contributed by atoms with Gasteiger partial charge in [0, 0.05) is 25.7 Å². The van der Waals surface area contributed by atoms with Crippen LogP contribution in [0.3, 0.4) is 0 Å². The summed E-state index contributed by atoms with van der Waals surface area (Å²) in [5.74, 6) is 0. The molecule has 1 aliphatic rings. The molecular formula is C12H15N5O3. The van der Waals surface area contributed by atoms with Crippen LogP contribution in [0.2, 0.25) is 0 Å². The Morgan fingerprint density at radius 2 is 2.25 bits per heavy atom. The standard InChI is InChI=1S/C12H15N5O3/c1-16(8-3-2-6-13-7-8)9-4-5-10(17(18)19)12-11(9)14-20-15-12/h4-5,8,13H,2-3,6-7H2,1H3. The average molecular weight is 277 g/mol. The van der Waals surface area contributed by atoms with E-state index in [0.717, 1.165) is 31.6 Å². The van der Waals surface area contributed by atoms with E-state index in [1.165, 1.54) is 6.07 Å². The predicted octanol–water partition coefficient (Wildman–Crippen LogP) is 1.32. The Hall–Kier alpha value is -2.22. The van der Waals surface area contributed by atoms with Gasteiger partial charge in [0.25, 0.3) is 0 Å². The lowest BCUT2D eigenvalue weighted by molar-refractivity contribution is -0.383. The number of non-ortho nitro benzene ring substituents is 1. The van der Waals surface area contributed by atoms with Crippen molar-refractivity contribution < 1.29 is 9.55 Å². The molecule has 0 saturated carbocycles. The number of nitrogens with zero attached hydrogens (tertiary/aromatic N) is 4. The molecule has 2 heterocycles. The van der Waals surface area contributed by atoms with Crippen LogP contribution in [0.15, 0.2) is 16.8 Å². The molecule has 0 aliphatic carbocycles. The molecule has 20 heavy (non-hydrogen) atoms. The van der Waals surface area contributed by atoms with Gasteiger partial charge in [-0.1, -0.05) is 0 Å². The van der Waals surface area contributed by atoms with Crippen LogP contribution in [0, 0.1) is 10.1 Å². The van der Waals surface area contributed by atoms with E-state index in [1.54, 1.807) is 6.07 Å². The maximum Gasteiger partial charge on any atom is 0.300 e. The van der Waals surface area contributed by atoms with Gasteiger partial charge in [0.2, 0.25) is 5.52 Å². The lowest BCUT2D eigenvalue weighted by atomic mass is 10.1. The van der Waals surface area contributed by atoms with Gasteiger partial charge in [-0.15, -0.1) is 0 Å². The third kappa shape index (κ3) is 2.07. The van der Waals surface area contributed by atoms with Crippen molar-refractivity contribution in [3.63, 3.8) is 0 Å². The molecule has 1 atom stereocenters. The molecule has 106 valence electrons. The third-order valence-corrected chi connectivity index (χ3v) is 3.77. The van der Waals surface area contributed by atoms with Gasteiger partial charge in [-0.3, -0.25) is 10.1 Å². The van der Waals surface area contributed by atoms with Gasteiger partial charge in [-0.05, 0) is 35.8 Å². The van der Waals surface area contributed by atoms with E-state index in [9.17, 15) is 10.1 Å². The molecule has 1 unspecified atom stereocenters. The molecule has 1 aromatic heterocycles. The van der Waals surface area contributed by atoms with Crippen LogP contribution < -0.4 is 10.2 Å². The van der Waals surface area contributed by atoms with Crippen molar-refractivity contribution in [1.29, 1.82) is 0 Å². The van der Waals surface area contributed by atoms with Crippen molar-refractivity contribution >= 4 is 22.4 Å². The van der Waals surface area contributed by atoms with Crippen LogP contribution in [0.5, 0.6) is 0 Å². The van der Waals surface area contributed by atoms with Gasteiger partial charge >= 0.3 is 5.69 Å². The average Bonchev–Trinajstić information content (AvgIpc) is 2.95. The Kier molecular flexibility index (Phi) is 3.23. The number of aromatic nitrogens is 2. The lowest BCUT2D eigenvalue weighted by Crippen LogP contribution is -2.44. The Bertz CT molecular complexity index is 635. The van der Waals surface area contributed by atoms with E-state index >= 15 is 0 Å². The largest absolute Gasteiger partial charge is 0.368 e. The Labute approximate surface area is 114 Å². The van der Waals surface area contributed by atoms with Crippen LogP contribution >= 0.6 is 0 Å². The number of hydrogen-bond donors (Lipinski definition) is 1. The van der Waals surface area contributed by atoms with Gasteiger partial charge in [-0.2, -0.15) is 0 Å². The van der Waals surface area contributed by atoms with Gasteiger partial charge in [-0.25, -0.2) is 4.63 Å². The summed E-state index contributed by atoms with van der Waals surface area (Å²) >= 11 is 0. The first-order valence-corrected chi connectivity index (χ1v) is 6.51. The number of benzene rings is 1. The van der Waals surface area contributed by atoms with Gasteiger partial charge < -0.3 is 10.2 Å². The van der Waals surface area contributed by atoms with Crippen LogP contribution in [0.4, 0.5) is 11.4 Å². The fourth-order valence-corrected chi connectivity index (χ4v) is 2.63. The highest BCUT2D eigenvalue weighted by Gasteiger charge is 2.25. The zero-order valence-electron chi connectivity index (χ0n) is 11.1. The van der Waals surface area contributed by atoms with Gasteiger partial charge in [0.05, 0.1) is 10.6 Å². The van der Waals surface area contributed by atoms with E-state index in [4.69, 9.17) is 0 Å². The van der Waals surface area contributed by atoms with Gasteiger partial charge in [0.15, 0.2) is 5.52 Å². The smallest absolute Gasteiger partial charge is 0.300 e. The second-order valence-electron chi connectivity index (χ2n) is 4.93. The number of anilines is 1. The van der Waals surface area contributed by atoms with E-state index in [0.29, 0.717) is 11.6 Å². The molecule has 0 bridgehead atoms. The zero-order chi connectivity index (χ0) is 14.1. The summed E-state index contributed by atoms with van der Waals surface area (Å²) < 4.78 is 4.69. The van der Waals surface area contributed by atoms with Crippen LogP contribution in [0.25, 0.3) is 11.0 Å². The SMILES string of the molecule is CN(c1ccc([N+](=O)[O-])c2nonc12)C1CCCNC1. The van der Waals surface area contributed by atoms with Crippen LogP contribution in [-0.4, -0.2) is 41.4 Å². The minimum absolute atomic E-state index is 0.0832. The summed E-state index contributed by atoms with van der Waals surface area (Å²) in [5.41, 5.74) is 1.36. The quantitative estimate of drug-likeness (QED) is 0.667. The maximum absolute atomic E-state index is 11.0. The monoisotopic (exact) mass is 277 g/mol. The first-order chi connectivity index (χ1) is 9.68. The molecule has 8 nitrogen and oxygen atoms in total. The Balaban J connectivity index is 2.01. The number of nitro benzene ring substituents is 1. The first-order valence-electron chi connectivity index (χ1n) is 6.51. The molecular weight excluding hydrogens is 262 g/mol. The number of fused-ring (bicyclic) bond motifs is 1. The number of hydrogen-bond acceptors (Lipinski definition) is 7. The topological polar surface area (TPSA) is 97.3 Å². The number of rotatable bonds is 3. The third-order valence-electron chi connectivity index (χ3n) is 3.77. The second kappa shape index (κ2) is 5.04. The minimum atomic E-state index is -0.474. The molecule has 1 aromatic carbocycles. The molecule has 2 aromatic rings. The van der Waals surface area contributed by atoms with Gasteiger partial charge in [0.1, 0.15) is 0 Å². The first kappa shape index (κ1) is 12.8. The summed E-state index contributed by atoms with van der Waals surface area (Å²) in [4.78, 5) is 12.6. The number of nitrogens with one attached hydrogen (secondary N) is 1. The fraction of sp³-hybridized carbons (Fsp3) is 0.500. The number of nitro groups is 1. The molecule has 0 radical (unpaired) electrons. The number of piperidine rings is 1. The van der Waals surface area contributed by atoms with E-state index in [1.807, 2.05) is 7.05 Å². The summed E-state index contributed by atoms with van der Waals surface area (Å²) in [6.45, 7) is 1.92. The molecule has 8 heteroatoms. The maximum atomic E-state index is 11.0. The molecule has 3 rings (SSSR count). The molecule has 1 N–H and O–H groups in total. The van der Waals surface area contributed by atoms with E-state index in [-0.39, 0.29) is 11.2 Å². The molecule has 1 saturated heterocycles. The molecule has 0 spiro atoms. The summed E-state index contributed by atoms with van der Waals surface area (Å²) in [5, 5.41) is 21.8. The van der Waals surface area contributed by atoms with Crippen molar-refractivity contribution in [1.82, 2.24) is 15.6 Å². The fourth-order valence-electron chi connectivity index (χ4n) is 2.63. The van der Waals surface area contributed by atoms with Crippen LogP contribution in [0.1, 0.15) is 12.8 Å². The second-order valence-corrected chi connectivity index (χ2v) is 4.93. The van der Waals surface area contributed by atoms with Crippen molar-refractivity contribution in [2.24, 2.45) is 0 Å². The summed E-state index contributed by atoms with van der Waals surface area (Å²) in [6, 6.07) is 3.50. The van der Waals surface area contributed by atoms with E-state index < -0.39 is 4.92 Å². The normalized spacial score (nSPS) is 19.1. The highest BCUT2D eigenvalue weighted by molar-refractivity contribution is 5.93. The van der Waals surface area contributed by atoms with Crippen molar-refractivity contribution in [2.75, 3.05) is 25.0 Å². The summed E-state index contributed by atoms with van der Waals surface area (Å²) in [6.07, 6.45) is 2.19. The zero-order valence-corrected chi connectivity index (χ0v) is 11.1. The van der Waals surface area contributed by atoms with E-state index in [2.05, 4.69) is 25.2 Å². The summed E-state index contributed by atoms with van der Waals surface area (Å²) in [7, 11) is 1.97. The lowest BCUT2D eigenvalue weighted by Gasteiger charge is -2.33.